The first-order valence-electron chi connectivity index (χ1n) is 8.08. The standard InChI is InChI=1S/C15H24N2O4.C2H4/c1-2-3-4-7-21-10-14(19)17-9-12(18)8-13(17)15(20)16-11-5-6-11;1-2/h2,11-13,18H,1,3-10H2,(H,16,20);1-2H2. The molecule has 1 saturated heterocycles. The summed E-state index contributed by atoms with van der Waals surface area (Å²) in [5, 5.41) is 12.6. The SMILES string of the molecule is C=C.C=CCCCOCC(=O)N1CC(O)CC1C(=O)NC1CC1. The van der Waals surface area contributed by atoms with Crippen molar-refractivity contribution in [3.8, 4) is 0 Å². The van der Waals surface area contributed by atoms with Gasteiger partial charge in [0.15, 0.2) is 0 Å². The van der Waals surface area contributed by atoms with Gasteiger partial charge in [0.25, 0.3) is 0 Å². The first-order valence-corrected chi connectivity index (χ1v) is 8.08. The number of allylic oxidation sites excluding steroid dienone is 1. The van der Waals surface area contributed by atoms with Crippen LogP contribution in [0.25, 0.3) is 0 Å². The Kier molecular flexibility index (Phi) is 8.58. The van der Waals surface area contributed by atoms with Gasteiger partial charge in [-0.25, -0.2) is 0 Å². The summed E-state index contributed by atoms with van der Waals surface area (Å²) in [5.41, 5.74) is 0. The summed E-state index contributed by atoms with van der Waals surface area (Å²) >= 11 is 0. The molecular weight excluding hydrogens is 296 g/mol. The number of likely N-dealkylation sites (tertiary alicyclic amines) is 1. The zero-order valence-corrected chi connectivity index (χ0v) is 13.7. The lowest BCUT2D eigenvalue weighted by Crippen LogP contribution is -2.47. The number of nitrogens with zero attached hydrogens (tertiary/aromatic N) is 1. The average Bonchev–Trinajstić information content (AvgIpc) is 3.27. The van der Waals surface area contributed by atoms with Gasteiger partial charge in [-0.3, -0.25) is 9.59 Å². The third-order valence-corrected chi connectivity index (χ3v) is 3.75. The number of aliphatic hydroxyl groups is 1. The average molecular weight is 324 g/mol. The highest BCUT2D eigenvalue weighted by molar-refractivity contribution is 5.89. The smallest absolute Gasteiger partial charge is 0.249 e. The van der Waals surface area contributed by atoms with Gasteiger partial charge in [0.1, 0.15) is 12.6 Å². The van der Waals surface area contributed by atoms with E-state index >= 15 is 0 Å². The van der Waals surface area contributed by atoms with Crippen LogP contribution >= 0.6 is 0 Å². The molecule has 23 heavy (non-hydrogen) atoms. The van der Waals surface area contributed by atoms with Crippen LogP contribution in [0.5, 0.6) is 0 Å². The maximum absolute atomic E-state index is 12.1. The van der Waals surface area contributed by atoms with Crippen molar-refractivity contribution in [2.75, 3.05) is 19.8 Å². The van der Waals surface area contributed by atoms with Crippen LogP contribution in [0, 0.1) is 0 Å². The number of carbonyl (C=O) groups is 2. The first-order chi connectivity index (χ1) is 11.1. The molecule has 2 unspecified atom stereocenters. The molecule has 1 aliphatic heterocycles. The van der Waals surface area contributed by atoms with E-state index in [-0.39, 0.29) is 31.0 Å². The van der Waals surface area contributed by atoms with E-state index in [0.717, 1.165) is 25.7 Å². The summed E-state index contributed by atoms with van der Waals surface area (Å²) < 4.78 is 5.31. The molecular formula is C17H28N2O4. The molecule has 0 aromatic heterocycles. The predicted molar refractivity (Wildman–Crippen MR) is 88.8 cm³/mol. The van der Waals surface area contributed by atoms with Crippen LogP contribution in [0.4, 0.5) is 0 Å². The topological polar surface area (TPSA) is 78.9 Å². The maximum atomic E-state index is 12.1. The van der Waals surface area contributed by atoms with Crippen molar-refractivity contribution in [1.82, 2.24) is 10.2 Å². The second-order valence-corrected chi connectivity index (χ2v) is 5.72. The van der Waals surface area contributed by atoms with Crippen LogP contribution in [-0.2, 0) is 14.3 Å². The molecule has 6 nitrogen and oxygen atoms in total. The fourth-order valence-corrected chi connectivity index (χ4v) is 2.44. The Labute approximate surface area is 138 Å². The number of unbranched alkanes of at least 4 members (excludes halogenated alkanes) is 1. The molecule has 2 aliphatic rings. The molecule has 0 spiro atoms. The van der Waals surface area contributed by atoms with E-state index in [1.807, 2.05) is 0 Å². The highest BCUT2D eigenvalue weighted by Gasteiger charge is 2.40. The summed E-state index contributed by atoms with van der Waals surface area (Å²) in [7, 11) is 0. The lowest BCUT2D eigenvalue weighted by Gasteiger charge is -2.23. The number of carbonyl (C=O) groups excluding carboxylic acids is 2. The summed E-state index contributed by atoms with van der Waals surface area (Å²) in [6.45, 7) is 10.3. The number of amides is 2. The number of hydrogen-bond donors (Lipinski definition) is 2. The van der Waals surface area contributed by atoms with Gasteiger partial charge in [-0.2, -0.15) is 0 Å². The molecule has 6 heteroatoms. The zero-order chi connectivity index (χ0) is 17.2. The van der Waals surface area contributed by atoms with E-state index in [2.05, 4.69) is 25.1 Å². The third-order valence-electron chi connectivity index (χ3n) is 3.75. The van der Waals surface area contributed by atoms with E-state index in [1.165, 1.54) is 4.90 Å². The van der Waals surface area contributed by atoms with Gasteiger partial charge in [0.2, 0.25) is 11.8 Å². The minimum Gasteiger partial charge on any atom is -0.391 e. The molecule has 0 aromatic carbocycles. The Morgan fingerprint density at radius 2 is 2.04 bits per heavy atom. The second kappa shape index (κ2) is 10.2. The molecule has 130 valence electrons. The third kappa shape index (κ3) is 6.54. The fourth-order valence-electron chi connectivity index (χ4n) is 2.44. The van der Waals surface area contributed by atoms with Crippen LogP contribution in [0.15, 0.2) is 25.8 Å². The Morgan fingerprint density at radius 1 is 1.35 bits per heavy atom. The number of rotatable bonds is 8. The normalized spacial score (nSPS) is 22.9. The molecule has 0 bridgehead atoms. The minimum atomic E-state index is -0.635. The maximum Gasteiger partial charge on any atom is 0.249 e. The van der Waals surface area contributed by atoms with Crippen molar-refractivity contribution in [3.05, 3.63) is 25.8 Å². The lowest BCUT2D eigenvalue weighted by molar-refractivity contribution is -0.142. The highest BCUT2D eigenvalue weighted by Crippen LogP contribution is 2.22. The Hall–Kier alpha value is -1.66. The van der Waals surface area contributed by atoms with Gasteiger partial charge >= 0.3 is 0 Å². The second-order valence-electron chi connectivity index (χ2n) is 5.72. The summed E-state index contributed by atoms with van der Waals surface area (Å²) in [5.74, 6) is -0.393. The Balaban J connectivity index is 0.00000127. The van der Waals surface area contributed by atoms with Gasteiger partial charge < -0.3 is 20.1 Å². The van der Waals surface area contributed by atoms with Gasteiger partial charge in [-0.15, -0.1) is 19.7 Å². The van der Waals surface area contributed by atoms with E-state index < -0.39 is 12.1 Å². The molecule has 1 aliphatic carbocycles. The summed E-state index contributed by atoms with van der Waals surface area (Å²) in [4.78, 5) is 25.7. The molecule has 1 heterocycles. The van der Waals surface area contributed by atoms with Gasteiger partial charge in [-0.05, 0) is 25.7 Å². The molecule has 2 atom stereocenters. The van der Waals surface area contributed by atoms with E-state index in [4.69, 9.17) is 4.74 Å². The van der Waals surface area contributed by atoms with E-state index in [1.54, 1.807) is 6.08 Å². The van der Waals surface area contributed by atoms with Crippen LogP contribution in [0.3, 0.4) is 0 Å². The van der Waals surface area contributed by atoms with Crippen molar-refractivity contribution in [1.29, 1.82) is 0 Å². The Bertz CT molecular complexity index is 409. The predicted octanol–water partition coefficient (Wildman–Crippen LogP) is 1.01. The number of ether oxygens (including phenoxy) is 1. The number of aliphatic hydroxyl groups excluding tert-OH is 1. The van der Waals surface area contributed by atoms with Crippen molar-refractivity contribution >= 4 is 11.8 Å². The summed E-state index contributed by atoms with van der Waals surface area (Å²) in [6, 6.07) is -0.313. The number of nitrogens with one attached hydrogen (secondary N) is 1. The first kappa shape index (κ1) is 19.4. The monoisotopic (exact) mass is 324 g/mol. The molecule has 0 radical (unpaired) electrons. The molecule has 2 amide bonds. The molecule has 1 saturated carbocycles. The van der Waals surface area contributed by atoms with E-state index in [0.29, 0.717) is 13.0 Å². The van der Waals surface area contributed by atoms with Crippen molar-refractivity contribution in [3.63, 3.8) is 0 Å². The van der Waals surface area contributed by atoms with Gasteiger partial charge in [0.05, 0.1) is 6.10 Å². The van der Waals surface area contributed by atoms with Crippen molar-refractivity contribution < 1.29 is 19.4 Å². The highest BCUT2D eigenvalue weighted by atomic mass is 16.5. The molecule has 0 aromatic rings. The largest absolute Gasteiger partial charge is 0.391 e. The summed E-state index contributed by atoms with van der Waals surface area (Å²) in [6.07, 6.45) is 5.15. The zero-order valence-electron chi connectivity index (χ0n) is 13.7. The van der Waals surface area contributed by atoms with Crippen LogP contribution < -0.4 is 5.32 Å². The number of hydrogen-bond acceptors (Lipinski definition) is 4. The Morgan fingerprint density at radius 3 is 2.65 bits per heavy atom. The van der Waals surface area contributed by atoms with Crippen molar-refractivity contribution in [2.45, 2.75) is 50.3 Å². The van der Waals surface area contributed by atoms with Crippen LogP contribution in [0.2, 0.25) is 0 Å². The molecule has 2 fully saturated rings. The van der Waals surface area contributed by atoms with Crippen LogP contribution in [0.1, 0.15) is 32.1 Å². The molecule has 2 N–H and O–H groups in total. The minimum absolute atomic E-state index is 0.0446. The van der Waals surface area contributed by atoms with Crippen LogP contribution in [-0.4, -0.2) is 59.8 Å². The lowest BCUT2D eigenvalue weighted by atomic mass is 10.2. The quantitative estimate of drug-likeness (QED) is 0.516. The van der Waals surface area contributed by atoms with Gasteiger partial charge in [-0.1, -0.05) is 6.08 Å². The number of β-amino-alcohol motifs (C(OH)–C–C–N with tert-alkyl or cyclic N) is 1. The van der Waals surface area contributed by atoms with Crippen molar-refractivity contribution in [2.24, 2.45) is 0 Å². The molecule has 2 rings (SSSR count). The fraction of sp³-hybridized carbons (Fsp3) is 0.647. The van der Waals surface area contributed by atoms with Gasteiger partial charge in [0, 0.05) is 25.6 Å². The van der Waals surface area contributed by atoms with E-state index in [9.17, 15) is 14.7 Å².